The molecule has 22 heavy (non-hydrogen) atoms. The fourth-order valence-corrected chi connectivity index (χ4v) is 3.62. The van der Waals surface area contributed by atoms with E-state index in [4.69, 9.17) is 0 Å². The van der Waals surface area contributed by atoms with E-state index in [9.17, 15) is 0 Å². The van der Waals surface area contributed by atoms with Gasteiger partial charge in [-0.05, 0) is 55.0 Å². The highest BCUT2D eigenvalue weighted by Crippen LogP contribution is 2.21. The zero-order valence-corrected chi connectivity index (χ0v) is 12.8. The van der Waals surface area contributed by atoms with E-state index in [1.807, 2.05) is 0 Å². The SMILES string of the molecule is c1ccc2c(c1)CC[C@@H](NCCc1c[nH]c3ccccc13)C2. The van der Waals surface area contributed by atoms with Crippen LogP contribution in [-0.4, -0.2) is 17.6 Å². The molecule has 1 atom stereocenters. The molecule has 112 valence electrons. The predicted molar refractivity (Wildman–Crippen MR) is 92.3 cm³/mol. The van der Waals surface area contributed by atoms with Crippen LogP contribution in [0.1, 0.15) is 23.1 Å². The second-order valence-corrected chi connectivity index (χ2v) is 6.27. The zero-order valence-electron chi connectivity index (χ0n) is 12.8. The van der Waals surface area contributed by atoms with Gasteiger partial charge < -0.3 is 10.3 Å². The highest BCUT2D eigenvalue weighted by Gasteiger charge is 2.17. The monoisotopic (exact) mass is 290 g/mol. The van der Waals surface area contributed by atoms with Gasteiger partial charge in [0, 0.05) is 23.1 Å². The van der Waals surface area contributed by atoms with Crippen molar-refractivity contribution in [1.29, 1.82) is 0 Å². The number of aromatic amines is 1. The molecule has 1 aromatic heterocycles. The van der Waals surface area contributed by atoms with Crippen LogP contribution in [-0.2, 0) is 19.3 Å². The van der Waals surface area contributed by atoms with Crippen molar-refractivity contribution in [2.24, 2.45) is 0 Å². The lowest BCUT2D eigenvalue weighted by atomic mass is 9.88. The lowest BCUT2D eigenvalue weighted by Gasteiger charge is -2.25. The van der Waals surface area contributed by atoms with Gasteiger partial charge in [-0.15, -0.1) is 0 Å². The summed E-state index contributed by atoms with van der Waals surface area (Å²) in [4.78, 5) is 3.36. The number of aryl methyl sites for hydroxylation is 1. The first-order chi connectivity index (χ1) is 10.9. The fraction of sp³-hybridized carbons (Fsp3) is 0.300. The third-order valence-electron chi connectivity index (χ3n) is 4.85. The molecule has 2 aromatic carbocycles. The van der Waals surface area contributed by atoms with Crippen LogP contribution in [0.25, 0.3) is 10.9 Å². The molecule has 0 amide bonds. The maximum Gasteiger partial charge on any atom is 0.0456 e. The maximum atomic E-state index is 3.75. The van der Waals surface area contributed by atoms with E-state index in [2.05, 4.69) is 65.0 Å². The van der Waals surface area contributed by atoms with Gasteiger partial charge in [0.25, 0.3) is 0 Å². The van der Waals surface area contributed by atoms with Crippen molar-refractivity contribution in [1.82, 2.24) is 10.3 Å². The third-order valence-corrected chi connectivity index (χ3v) is 4.85. The molecule has 3 aromatic rings. The molecule has 0 unspecified atom stereocenters. The van der Waals surface area contributed by atoms with E-state index in [1.54, 1.807) is 0 Å². The molecule has 0 saturated carbocycles. The number of hydrogen-bond donors (Lipinski definition) is 2. The van der Waals surface area contributed by atoms with Gasteiger partial charge in [0.2, 0.25) is 0 Å². The van der Waals surface area contributed by atoms with Crippen LogP contribution in [0.4, 0.5) is 0 Å². The first kappa shape index (κ1) is 13.6. The number of benzene rings is 2. The predicted octanol–water partition coefficient (Wildman–Crippen LogP) is 3.86. The lowest BCUT2D eigenvalue weighted by Crippen LogP contribution is -2.35. The molecule has 0 aliphatic heterocycles. The Labute approximate surface area is 131 Å². The van der Waals surface area contributed by atoms with Crippen molar-refractivity contribution in [3.63, 3.8) is 0 Å². The van der Waals surface area contributed by atoms with Crippen LogP contribution in [0.2, 0.25) is 0 Å². The number of H-pyrrole nitrogens is 1. The number of aromatic nitrogens is 1. The summed E-state index contributed by atoms with van der Waals surface area (Å²) >= 11 is 0. The normalized spacial score (nSPS) is 17.5. The van der Waals surface area contributed by atoms with Crippen LogP contribution in [0.5, 0.6) is 0 Å². The van der Waals surface area contributed by atoms with Crippen LogP contribution in [0.3, 0.4) is 0 Å². The molecule has 1 heterocycles. The van der Waals surface area contributed by atoms with Gasteiger partial charge >= 0.3 is 0 Å². The Hall–Kier alpha value is -2.06. The molecular formula is C20H22N2. The Morgan fingerprint density at radius 2 is 1.82 bits per heavy atom. The van der Waals surface area contributed by atoms with Crippen LogP contribution in [0.15, 0.2) is 54.7 Å². The van der Waals surface area contributed by atoms with Gasteiger partial charge in [0.15, 0.2) is 0 Å². The third kappa shape index (κ3) is 2.67. The average molecular weight is 290 g/mol. The van der Waals surface area contributed by atoms with Gasteiger partial charge in [0.05, 0.1) is 0 Å². The van der Waals surface area contributed by atoms with Gasteiger partial charge in [-0.25, -0.2) is 0 Å². The standard InChI is InChI=1S/C20H22N2/c1-2-6-16-13-18(10-9-15(16)5-1)21-12-11-17-14-22-20-8-4-3-7-19(17)20/h1-8,14,18,21-22H,9-13H2/t18-/m1/s1. The Morgan fingerprint density at radius 1 is 1.00 bits per heavy atom. The number of hydrogen-bond acceptors (Lipinski definition) is 1. The number of rotatable bonds is 4. The minimum atomic E-state index is 0.625. The van der Waals surface area contributed by atoms with Crippen molar-refractivity contribution >= 4 is 10.9 Å². The van der Waals surface area contributed by atoms with E-state index in [1.165, 1.54) is 46.9 Å². The van der Waals surface area contributed by atoms with Gasteiger partial charge in [-0.2, -0.15) is 0 Å². The highest BCUT2D eigenvalue weighted by atomic mass is 14.9. The molecule has 2 N–H and O–H groups in total. The molecule has 0 saturated heterocycles. The van der Waals surface area contributed by atoms with E-state index in [-0.39, 0.29) is 0 Å². The van der Waals surface area contributed by atoms with Gasteiger partial charge in [0.1, 0.15) is 0 Å². The van der Waals surface area contributed by atoms with Crippen molar-refractivity contribution in [3.05, 3.63) is 71.4 Å². The minimum Gasteiger partial charge on any atom is -0.361 e. The molecule has 0 spiro atoms. The van der Waals surface area contributed by atoms with Crippen molar-refractivity contribution in [2.75, 3.05) is 6.54 Å². The first-order valence-electron chi connectivity index (χ1n) is 8.25. The number of nitrogens with one attached hydrogen (secondary N) is 2. The Bertz CT molecular complexity index is 772. The molecule has 0 fully saturated rings. The maximum absolute atomic E-state index is 3.75. The average Bonchev–Trinajstić information content (AvgIpc) is 2.98. The smallest absolute Gasteiger partial charge is 0.0456 e. The van der Waals surface area contributed by atoms with Crippen LogP contribution < -0.4 is 5.32 Å². The Kier molecular flexibility index (Phi) is 3.69. The summed E-state index contributed by atoms with van der Waals surface area (Å²) in [7, 11) is 0. The summed E-state index contributed by atoms with van der Waals surface area (Å²) in [5, 5.41) is 5.11. The molecular weight excluding hydrogens is 268 g/mol. The topological polar surface area (TPSA) is 27.8 Å². The number of para-hydroxylation sites is 1. The largest absolute Gasteiger partial charge is 0.361 e. The molecule has 1 aliphatic carbocycles. The molecule has 0 radical (unpaired) electrons. The summed E-state index contributed by atoms with van der Waals surface area (Å²) in [6, 6.07) is 18.0. The van der Waals surface area contributed by atoms with Gasteiger partial charge in [-0.1, -0.05) is 42.5 Å². The fourth-order valence-electron chi connectivity index (χ4n) is 3.62. The molecule has 0 bridgehead atoms. The van der Waals surface area contributed by atoms with E-state index < -0.39 is 0 Å². The second-order valence-electron chi connectivity index (χ2n) is 6.27. The highest BCUT2D eigenvalue weighted by molar-refractivity contribution is 5.83. The second kappa shape index (κ2) is 5.98. The van der Waals surface area contributed by atoms with E-state index in [0.717, 1.165) is 13.0 Å². The molecule has 2 nitrogen and oxygen atoms in total. The van der Waals surface area contributed by atoms with Crippen LogP contribution >= 0.6 is 0 Å². The summed E-state index contributed by atoms with van der Waals surface area (Å²) in [5.74, 6) is 0. The van der Waals surface area contributed by atoms with Crippen molar-refractivity contribution < 1.29 is 0 Å². The Morgan fingerprint density at radius 3 is 2.77 bits per heavy atom. The van der Waals surface area contributed by atoms with E-state index >= 15 is 0 Å². The summed E-state index contributed by atoms with van der Waals surface area (Å²) in [6.07, 6.45) is 6.88. The van der Waals surface area contributed by atoms with Crippen molar-refractivity contribution in [3.8, 4) is 0 Å². The number of fused-ring (bicyclic) bond motifs is 2. The molecule has 2 heteroatoms. The summed E-state index contributed by atoms with van der Waals surface area (Å²) in [6.45, 7) is 1.05. The summed E-state index contributed by atoms with van der Waals surface area (Å²) < 4.78 is 0. The quantitative estimate of drug-likeness (QED) is 0.750. The molecule has 4 rings (SSSR count). The molecule has 1 aliphatic rings. The summed E-state index contributed by atoms with van der Waals surface area (Å²) in [5.41, 5.74) is 5.72. The van der Waals surface area contributed by atoms with E-state index in [0.29, 0.717) is 6.04 Å². The lowest BCUT2D eigenvalue weighted by molar-refractivity contribution is 0.462. The first-order valence-corrected chi connectivity index (χ1v) is 8.25. The minimum absolute atomic E-state index is 0.625. The van der Waals surface area contributed by atoms with Crippen molar-refractivity contribution in [2.45, 2.75) is 31.7 Å². The van der Waals surface area contributed by atoms with Crippen LogP contribution in [0, 0.1) is 0 Å². The van der Waals surface area contributed by atoms with Gasteiger partial charge in [-0.3, -0.25) is 0 Å². The Balaban J connectivity index is 1.36. The zero-order chi connectivity index (χ0) is 14.8.